The predicted octanol–water partition coefficient (Wildman–Crippen LogP) is 4.28. The van der Waals surface area contributed by atoms with Gasteiger partial charge in [0, 0.05) is 49.2 Å². The molecule has 1 aliphatic rings. The Morgan fingerprint density at radius 1 is 1.17 bits per heavy atom. The Labute approximate surface area is 166 Å². The number of pyridine rings is 1. The molecule has 0 amide bonds. The molecule has 0 unspecified atom stereocenters. The number of aromatic nitrogens is 2. The number of fused-ring (bicyclic) bond motifs is 3. The van der Waals surface area contributed by atoms with Crippen LogP contribution in [0.5, 0.6) is 5.75 Å². The number of hydrogen-bond acceptors (Lipinski definition) is 4. The lowest BCUT2D eigenvalue weighted by atomic mass is 10.1. The normalized spacial score (nSPS) is 16.0. The molecule has 1 aliphatic heterocycles. The highest BCUT2D eigenvalue weighted by Gasteiger charge is 2.37. The van der Waals surface area contributed by atoms with Crippen LogP contribution >= 0.6 is 0 Å². The van der Waals surface area contributed by atoms with Crippen molar-refractivity contribution in [1.82, 2.24) is 14.5 Å². The van der Waals surface area contributed by atoms with Crippen LogP contribution in [0.15, 0.2) is 24.4 Å². The van der Waals surface area contributed by atoms with E-state index in [1.807, 2.05) is 0 Å². The number of nitrogens with zero attached hydrogens (tertiary/aromatic N) is 3. The van der Waals surface area contributed by atoms with Gasteiger partial charge < -0.3 is 14.0 Å². The summed E-state index contributed by atoms with van der Waals surface area (Å²) in [6.45, 7) is -1.94. The Bertz CT molecular complexity index is 1080. The smallest absolute Gasteiger partial charge is 0.435 e. The van der Waals surface area contributed by atoms with E-state index in [-0.39, 0.29) is 36.3 Å². The molecule has 1 saturated heterocycles. The zero-order chi connectivity index (χ0) is 21.6. The largest absolute Gasteiger partial charge is 0.494 e. The second kappa shape index (κ2) is 7.62. The van der Waals surface area contributed by atoms with Crippen LogP contribution in [0.3, 0.4) is 0 Å². The fraction of sp³-hybridized carbons (Fsp3) is 0.421. The molecular weight excluding hydrogens is 416 g/mol. The second-order valence-corrected chi connectivity index (χ2v) is 6.99. The summed E-state index contributed by atoms with van der Waals surface area (Å²) in [4.78, 5) is 5.30. The van der Waals surface area contributed by atoms with Gasteiger partial charge in [-0.05, 0) is 12.1 Å². The van der Waals surface area contributed by atoms with Crippen molar-refractivity contribution < 1.29 is 35.8 Å². The average molecular weight is 433 g/mol. The van der Waals surface area contributed by atoms with E-state index >= 15 is 0 Å². The number of hydrogen-bond donors (Lipinski definition) is 0. The van der Waals surface area contributed by atoms with E-state index in [4.69, 9.17) is 4.74 Å². The van der Waals surface area contributed by atoms with Crippen molar-refractivity contribution in [3.8, 4) is 5.75 Å². The molecule has 0 atom stereocenters. The van der Waals surface area contributed by atoms with Crippen LogP contribution in [0.4, 0.5) is 26.3 Å². The van der Waals surface area contributed by atoms with Gasteiger partial charge in [-0.3, -0.25) is 4.90 Å². The lowest BCUT2D eigenvalue weighted by Crippen LogP contribution is -2.53. The van der Waals surface area contributed by atoms with Crippen molar-refractivity contribution in [2.45, 2.75) is 25.4 Å². The summed E-state index contributed by atoms with van der Waals surface area (Å²) in [7, 11) is 1.27. The Hall–Kier alpha value is -2.53. The summed E-state index contributed by atoms with van der Waals surface area (Å²) < 4.78 is 90.5. The van der Waals surface area contributed by atoms with E-state index in [0.717, 1.165) is 12.3 Å². The summed E-state index contributed by atoms with van der Waals surface area (Å²) in [6, 6.07) is 3.90. The van der Waals surface area contributed by atoms with Gasteiger partial charge in [-0.25, -0.2) is 9.37 Å². The minimum Gasteiger partial charge on any atom is -0.494 e. The van der Waals surface area contributed by atoms with Crippen LogP contribution in [0.2, 0.25) is 0 Å². The number of rotatable bonds is 6. The number of benzene rings is 1. The fourth-order valence-corrected chi connectivity index (χ4v) is 3.82. The van der Waals surface area contributed by atoms with Crippen molar-refractivity contribution in [3.63, 3.8) is 0 Å². The maximum Gasteiger partial charge on any atom is 0.435 e. The van der Waals surface area contributed by atoms with E-state index in [2.05, 4.69) is 9.72 Å². The van der Waals surface area contributed by atoms with E-state index in [9.17, 15) is 26.3 Å². The molecule has 0 radical (unpaired) electrons. The number of halogens is 6. The topological polar surface area (TPSA) is 39.5 Å². The first kappa shape index (κ1) is 20.7. The molecule has 11 heteroatoms. The van der Waals surface area contributed by atoms with E-state index in [0.29, 0.717) is 17.4 Å². The molecule has 3 aromatic rings. The van der Waals surface area contributed by atoms with Crippen molar-refractivity contribution >= 4 is 21.8 Å². The average Bonchev–Trinajstić information content (AvgIpc) is 2.94. The first-order valence-corrected chi connectivity index (χ1v) is 9.06. The quantitative estimate of drug-likeness (QED) is 0.544. The van der Waals surface area contributed by atoms with Gasteiger partial charge in [-0.15, -0.1) is 0 Å². The number of ether oxygens (including phenoxy) is 2. The third kappa shape index (κ3) is 3.67. The van der Waals surface area contributed by atoms with Gasteiger partial charge in [0.15, 0.2) is 17.3 Å². The van der Waals surface area contributed by atoms with E-state index < -0.39 is 30.4 Å². The molecule has 0 spiro atoms. The number of alkyl halides is 5. The first-order valence-electron chi connectivity index (χ1n) is 9.06. The van der Waals surface area contributed by atoms with Crippen LogP contribution < -0.4 is 4.74 Å². The molecule has 1 fully saturated rings. The molecule has 4 rings (SSSR count). The van der Waals surface area contributed by atoms with E-state index in [1.54, 1.807) is 4.90 Å². The molecule has 5 nitrogen and oxygen atoms in total. The predicted molar refractivity (Wildman–Crippen MR) is 96.1 cm³/mol. The summed E-state index contributed by atoms with van der Waals surface area (Å²) in [5.41, 5.74) is -0.866. The van der Waals surface area contributed by atoms with Gasteiger partial charge in [0.05, 0.1) is 24.2 Å². The molecular formula is C19H17F6N3O2. The minimum absolute atomic E-state index is 0.0950. The van der Waals surface area contributed by atoms with Crippen LogP contribution in [-0.4, -0.2) is 53.9 Å². The lowest BCUT2D eigenvalue weighted by molar-refractivity contribution is -0.195. The zero-order valence-corrected chi connectivity index (χ0v) is 15.7. The number of methoxy groups -OCH3 is 1. The summed E-state index contributed by atoms with van der Waals surface area (Å²) in [5, 5.41) is 0.523. The molecule has 1 aromatic carbocycles. The highest BCUT2D eigenvalue weighted by molar-refractivity contribution is 6.09. The molecule has 0 saturated carbocycles. The monoisotopic (exact) mass is 433 g/mol. The molecule has 0 N–H and O–H groups in total. The molecule has 0 aliphatic carbocycles. The third-order valence-electron chi connectivity index (χ3n) is 5.17. The van der Waals surface area contributed by atoms with Gasteiger partial charge in [0.2, 0.25) is 0 Å². The van der Waals surface area contributed by atoms with Crippen LogP contribution in [0, 0.1) is 5.82 Å². The third-order valence-corrected chi connectivity index (χ3v) is 5.17. The Balaban J connectivity index is 1.75. The van der Waals surface area contributed by atoms with Gasteiger partial charge in [0.25, 0.3) is 0 Å². The van der Waals surface area contributed by atoms with Crippen molar-refractivity contribution in [2.24, 2.45) is 0 Å². The van der Waals surface area contributed by atoms with Crippen LogP contribution in [-0.2, 0) is 17.5 Å². The Kier molecular flexibility index (Phi) is 5.27. The molecule has 30 heavy (non-hydrogen) atoms. The summed E-state index contributed by atoms with van der Waals surface area (Å²) in [6.07, 6.45) is -4.27. The van der Waals surface area contributed by atoms with Gasteiger partial charge in [0.1, 0.15) is 0 Å². The highest BCUT2D eigenvalue weighted by Crippen LogP contribution is 2.39. The Morgan fingerprint density at radius 3 is 2.53 bits per heavy atom. The van der Waals surface area contributed by atoms with Crippen molar-refractivity contribution in [2.75, 3.05) is 26.7 Å². The summed E-state index contributed by atoms with van der Waals surface area (Å²) >= 11 is 0. The summed E-state index contributed by atoms with van der Waals surface area (Å²) in [5.74, 6) is -0.786. The van der Waals surface area contributed by atoms with Crippen molar-refractivity contribution in [3.05, 3.63) is 35.9 Å². The molecule has 3 heterocycles. The van der Waals surface area contributed by atoms with Crippen LogP contribution in [0.25, 0.3) is 21.8 Å². The van der Waals surface area contributed by atoms with E-state index in [1.165, 1.54) is 23.8 Å². The fourth-order valence-electron chi connectivity index (χ4n) is 3.82. The molecule has 162 valence electrons. The minimum atomic E-state index is -4.71. The maximum absolute atomic E-state index is 14.3. The Morgan fingerprint density at radius 2 is 1.90 bits per heavy atom. The lowest BCUT2D eigenvalue weighted by Gasteiger charge is -2.38. The SMILES string of the molecule is COc1cc2c(cc1F)c1ccnc(C(F)(F)F)c1n2CCN1CC(OC(F)F)C1. The standard InChI is InChI=1S/C19H17F6N3O2/c1-29-15-7-14-12(6-13(15)20)11-2-3-26-17(19(23,24)25)16(11)28(14)5-4-27-8-10(9-27)30-18(21)22/h2-3,6-7,10,18H,4-5,8-9H2,1H3. The van der Waals surface area contributed by atoms with Gasteiger partial charge >= 0.3 is 12.8 Å². The highest BCUT2D eigenvalue weighted by atomic mass is 19.4. The molecule has 2 aromatic heterocycles. The maximum atomic E-state index is 14.3. The first-order chi connectivity index (χ1) is 14.2. The second-order valence-electron chi connectivity index (χ2n) is 6.99. The van der Waals surface area contributed by atoms with Crippen LogP contribution in [0.1, 0.15) is 5.69 Å². The number of likely N-dealkylation sites (tertiary alicyclic amines) is 1. The van der Waals surface area contributed by atoms with Crippen molar-refractivity contribution in [1.29, 1.82) is 0 Å². The van der Waals surface area contributed by atoms with Gasteiger partial charge in [-0.1, -0.05) is 0 Å². The van der Waals surface area contributed by atoms with Gasteiger partial charge in [-0.2, -0.15) is 22.0 Å². The zero-order valence-electron chi connectivity index (χ0n) is 15.7. The molecule has 0 bridgehead atoms.